The molecule has 1 fully saturated rings. The fraction of sp³-hybridized carbons (Fsp3) is 0.200. The van der Waals surface area contributed by atoms with E-state index < -0.39 is 11.9 Å². The van der Waals surface area contributed by atoms with Gasteiger partial charge in [-0.15, -0.1) is 0 Å². The van der Waals surface area contributed by atoms with Gasteiger partial charge in [-0.25, -0.2) is 0 Å². The highest BCUT2D eigenvalue weighted by molar-refractivity contribution is 6.06. The predicted molar refractivity (Wildman–Crippen MR) is 94.5 cm³/mol. The van der Waals surface area contributed by atoms with Crippen LogP contribution in [0.1, 0.15) is 21.8 Å². The number of amides is 1. The second-order valence-corrected chi connectivity index (χ2v) is 6.42. The third-order valence-corrected chi connectivity index (χ3v) is 4.98. The zero-order chi connectivity index (χ0) is 17.4. The van der Waals surface area contributed by atoms with E-state index in [0.29, 0.717) is 12.1 Å². The number of aromatic amines is 1. The molecule has 5 nitrogen and oxygen atoms in total. The maximum absolute atomic E-state index is 13.0. The largest absolute Gasteiger partial charge is 0.481 e. The quantitative estimate of drug-likeness (QED) is 0.773. The van der Waals surface area contributed by atoms with Crippen LogP contribution in [-0.2, 0) is 4.79 Å². The molecule has 3 aromatic rings. The second kappa shape index (κ2) is 6.09. The lowest BCUT2D eigenvalue weighted by atomic mass is 9.89. The van der Waals surface area contributed by atoms with Crippen molar-refractivity contribution < 1.29 is 14.7 Å². The van der Waals surface area contributed by atoms with Crippen LogP contribution in [0.15, 0.2) is 60.8 Å². The number of likely N-dealkylation sites (tertiary alicyclic amines) is 1. The smallest absolute Gasteiger partial charge is 0.308 e. The lowest BCUT2D eigenvalue weighted by molar-refractivity contribution is -0.141. The summed E-state index contributed by atoms with van der Waals surface area (Å²) in [4.78, 5) is 29.5. The van der Waals surface area contributed by atoms with Gasteiger partial charge in [0.2, 0.25) is 0 Å². The van der Waals surface area contributed by atoms with Crippen molar-refractivity contribution in [1.29, 1.82) is 0 Å². The predicted octanol–water partition coefficient (Wildman–Crippen LogP) is 3.11. The average molecular weight is 334 g/mol. The number of carbonyl (C=O) groups excluding carboxylic acids is 1. The first-order chi connectivity index (χ1) is 12.1. The van der Waals surface area contributed by atoms with Gasteiger partial charge in [-0.1, -0.05) is 36.4 Å². The second-order valence-electron chi connectivity index (χ2n) is 6.42. The van der Waals surface area contributed by atoms with Crippen LogP contribution in [0.3, 0.4) is 0 Å². The van der Waals surface area contributed by atoms with Crippen LogP contribution >= 0.6 is 0 Å². The third kappa shape index (κ3) is 2.67. The lowest BCUT2D eigenvalue weighted by Crippen LogP contribution is -2.30. The lowest BCUT2D eigenvalue weighted by Gasteiger charge is -2.17. The van der Waals surface area contributed by atoms with E-state index in [1.807, 2.05) is 48.5 Å². The number of hydrogen-bond donors (Lipinski definition) is 2. The van der Waals surface area contributed by atoms with Crippen molar-refractivity contribution in [3.8, 4) is 0 Å². The summed E-state index contributed by atoms with van der Waals surface area (Å²) in [7, 11) is 0. The molecule has 0 unspecified atom stereocenters. The molecular weight excluding hydrogens is 316 g/mol. The molecule has 4 rings (SSSR count). The number of carbonyl (C=O) groups is 2. The van der Waals surface area contributed by atoms with Crippen LogP contribution in [-0.4, -0.2) is 40.0 Å². The highest BCUT2D eigenvalue weighted by Gasteiger charge is 2.40. The average Bonchev–Trinajstić information content (AvgIpc) is 3.28. The Morgan fingerprint density at radius 3 is 2.56 bits per heavy atom. The van der Waals surface area contributed by atoms with Crippen LogP contribution < -0.4 is 0 Å². The monoisotopic (exact) mass is 334 g/mol. The highest BCUT2D eigenvalue weighted by Crippen LogP contribution is 2.34. The van der Waals surface area contributed by atoms with E-state index in [1.165, 1.54) is 0 Å². The number of aromatic nitrogens is 1. The van der Waals surface area contributed by atoms with Gasteiger partial charge in [0.25, 0.3) is 5.91 Å². The summed E-state index contributed by atoms with van der Waals surface area (Å²) < 4.78 is 0. The number of nitrogens with one attached hydrogen (secondary N) is 1. The molecule has 1 aliphatic heterocycles. The molecule has 0 spiro atoms. The topological polar surface area (TPSA) is 73.4 Å². The molecular formula is C20H18N2O3. The van der Waals surface area contributed by atoms with Gasteiger partial charge in [-0.3, -0.25) is 9.59 Å². The molecule has 2 atom stereocenters. The number of carboxylic acids is 1. The van der Waals surface area contributed by atoms with Gasteiger partial charge in [0.15, 0.2) is 0 Å². The molecule has 2 N–H and O–H groups in total. The van der Waals surface area contributed by atoms with Gasteiger partial charge >= 0.3 is 5.97 Å². The first-order valence-electron chi connectivity index (χ1n) is 8.28. The maximum atomic E-state index is 13.0. The van der Waals surface area contributed by atoms with Crippen LogP contribution in [0.4, 0.5) is 0 Å². The number of aliphatic carboxylic acids is 1. The van der Waals surface area contributed by atoms with Crippen LogP contribution in [0.2, 0.25) is 0 Å². The van der Waals surface area contributed by atoms with E-state index in [1.54, 1.807) is 17.2 Å². The van der Waals surface area contributed by atoms with E-state index in [9.17, 15) is 14.7 Å². The van der Waals surface area contributed by atoms with Crippen molar-refractivity contribution in [1.82, 2.24) is 9.88 Å². The number of rotatable bonds is 3. The van der Waals surface area contributed by atoms with Gasteiger partial charge in [0, 0.05) is 41.7 Å². The number of fused-ring (bicyclic) bond motifs is 1. The van der Waals surface area contributed by atoms with E-state index in [0.717, 1.165) is 16.5 Å². The van der Waals surface area contributed by atoms with Gasteiger partial charge in [-0.2, -0.15) is 0 Å². The van der Waals surface area contributed by atoms with Gasteiger partial charge in [0.1, 0.15) is 0 Å². The molecule has 1 aliphatic rings. The van der Waals surface area contributed by atoms with Crippen molar-refractivity contribution in [2.75, 3.05) is 13.1 Å². The molecule has 2 aromatic carbocycles. The zero-order valence-electron chi connectivity index (χ0n) is 13.6. The number of benzene rings is 2. The van der Waals surface area contributed by atoms with Crippen molar-refractivity contribution in [2.45, 2.75) is 5.92 Å². The summed E-state index contributed by atoms with van der Waals surface area (Å²) in [6.45, 7) is 0.648. The Kier molecular flexibility index (Phi) is 3.76. The summed E-state index contributed by atoms with van der Waals surface area (Å²) in [5.74, 6) is -1.75. The summed E-state index contributed by atoms with van der Waals surface area (Å²) >= 11 is 0. The van der Waals surface area contributed by atoms with Crippen LogP contribution in [0.5, 0.6) is 0 Å². The fourth-order valence-corrected chi connectivity index (χ4v) is 3.70. The first-order valence-corrected chi connectivity index (χ1v) is 8.28. The van der Waals surface area contributed by atoms with E-state index in [4.69, 9.17) is 0 Å². The Balaban J connectivity index is 1.66. The normalized spacial score (nSPS) is 20.1. The molecule has 0 saturated carbocycles. The molecule has 1 aromatic heterocycles. The van der Waals surface area contributed by atoms with Crippen molar-refractivity contribution in [3.63, 3.8) is 0 Å². The molecule has 0 bridgehead atoms. The number of hydrogen-bond acceptors (Lipinski definition) is 2. The zero-order valence-corrected chi connectivity index (χ0v) is 13.6. The molecule has 0 radical (unpaired) electrons. The number of carboxylic acid groups (broad SMARTS) is 1. The molecule has 25 heavy (non-hydrogen) atoms. The van der Waals surface area contributed by atoms with Gasteiger partial charge in [0.05, 0.1) is 5.92 Å². The van der Waals surface area contributed by atoms with Gasteiger partial charge < -0.3 is 15.0 Å². The summed E-state index contributed by atoms with van der Waals surface area (Å²) in [5, 5.41) is 10.5. The van der Waals surface area contributed by atoms with E-state index >= 15 is 0 Å². The third-order valence-electron chi connectivity index (χ3n) is 4.98. The number of nitrogens with zero attached hydrogens (tertiary/aromatic N) is 1. The summed E-state index contributed by atoms with van der Waals surface area (Å²) in [5.41, 5.74) is 2.47. The van der Waals surface area contributed by atoms with Crippen LogP contribution in [0.25, 0.3) is 10.9 Å². The summed E-state index contributed by atoms with van der Waals surface area (Å²) in [6, 6.07) is 17.0. The molecule has 126 valence electrons. The van der Waals surface area contributed by atoms with E-state index in [-0.39, 0.29) is 18.4 Å². The minimum Gasteiger partial charge on any atom is -0.481 e. The Hall–Kier alpha value is -3.08. The van der Waals surface area contributed by atoms with Crippen molar-refractivity contribution in [3.05, 3.63) is 71.9 Å². The molecule has 1 saturated heterocycles. The summed E-state index contributed by atoms with van der Waals surface area (Å²) in [6.07, 6.45) is 1.80. The number of H-pyrrole nitrogens is 1. The minimum atomic E-state index is -0.857. The molecule has 0 aliphatic carbocycles. The molecule has 1 amide bonds. The fourth-order valence-electron chi connectivity index (χ4n) is 3.70. The van der Waals surface area contributed by atoms with Crippen LogP contribution in [0, 0.1) is 5.92 Å². The Morgan fingerprint density at radius 2 is 1.80 bits per heavy atom. The van der Waals surface area contributed by atoms with Crippen molar-refractivity contribution in [2.24, 2.45) is 5.92 Å². The standard InChI is InChI=1S/C20H18N2O3/c23-19(15-7-4-8-18-14(15)9-10-21-18)22-11-16(17(12-22)20(24)25)13-5-2-1-3-6-13/h1-10,16-17,21H,11-12H2,(H,24,25)/t16-,17+/m0/s1. The maximum Gasteiger partial charge on any atom is 0.308 e. The minimum absolute atomic E-state index is 0.116. The molecule has 2 heterocycles. The Bertz CT molecular complexity index is 932. The SMILES string of the molecule is O=C(O)[C@@H]1CN(C(=O)c2cccc3[nH]ccc23)C[C@H]1c1ccccc1. The highest BCUT2D eigenvalue weighted by atomic mass is 16.4. The molecule has 5 heteroatoms. The van der Waals surface area contributed by atoms with Crippen molar-refractivity contribution >= 4 is 22.8 Å². The Morgan fingerprint density at radius 1 is 1.00 bits per heavy atom. The van der Waals surface area contributed by atoms with Gasteiger partial charge in [-0.05, 0) is 23.8 Å². The first kappa shape index (κ1) is 15.4. The van der Waals surface area contributed by atoms with E-state index in [2.05, 4.69) is 4.98 Å². The Labute approximate surface area is 144 Å².